The second-order valence-electron chi connectivity index (χ2n) is 4.50. The summed E-state index contributed by atoms with van der Waals surface area (Å²) in [5.74, 6) is 0. The molecule has 1 aromatic carbocycles. The van der Waals surface area contributed by atoms with Crippen LogP contribution >= 0.6 is 0 Å². The number of aryl methyl sites for hydroxylation is 1. The van der Waals surface area contributed by atoms with Gasteiger partial charge in [0.25, 0.3) is 16.9 Å². The molecule has 0 aliphatic carbocycles. The van der Waals surface area contributed by atoms with Crippen LogP contribution in [0.5, 0.6) is 0 Å². The zero-order valence-corrected chi connectivity index (χ0v) is 11.1. The molecule has 0 N–H and O–H groups in total. The molecule has 8 heteroatoms. The molecule has 0 fully saturated rings. The molecular weight excluding hydrogens is 278 g/mol. The number of nitrogens with zero attached hydrogens (tertiary/aromatic N) is 3. The van der Waals surface area contributed by atoms with Crippen LogP contribution in [0.15, 0.2) is 41.3 Å². The third kappa shape index (κ3) is 3.11. The fourth-order valence-electron chi connectivity index (χ4n) is 1.89. The number of nitro groups is 2. The summed E-state index contributed by atoms with van der Waals surface area (Å²) < 4.78 is 1.31. The summed E-state index contributed by atoms with van der Waals surface area (Å²) in [7, 11) is 0. The van der Waals surface area contributed by atoms with Crippen molar-refractivity contribution in [1.29, 1.82) is 0 Å². The summed E-state index contributed by atoms with van der Waals surface area (Å²) in [4.78, 5) is 32.1. The van der Waals surface area contributed by atoms with Gasteiger partial charge in [0.2, 0.25) is 0 Å². The van der Waals surface area contributed by atoms with Crippen molar-refractivity contribution in [1.82, 2.24) is 4.57 Å². The van der Waals surface area contributed by atoms with Gasteiger partial charge in [0, 0.05) is 18.3 Å². The number of rotatable bonds is 4. The molecule has 2 rings (SSSR count). The van der Waals surface area contributed by atoms with Crippen LogP contribution in [0.3, 0.4) is 0 Å². The van der Waals surface area contributed by atoms with Crippen LogP contribution in [0.25, 0.3) is 0 Å². The minimum atomic E-state index is -0.700. The van der Waals surface area contributed by atoms with E-state index < -0.39 is 9.85 Å². The molecule has 0 atom stereocenters. The van der Waals surface area contributed by atoms with E-state index in [1.54, 1.807) is 13.0 Å². The highest BCUT2D eigenvalue weighted by atomic mass is 16.6. The van der Waals surface area contributed by atoms with Crippen molar-refractivity contribution < 1.29 is 9.85 Å². The first-order valence-corrected chi connectivity index (χ1v) is 5.97. The lowest BCUT2D eigenvalue weighted by molar-refractivity contribution is -0.394. The summed E-state index contributed by atoms with van der Waals surface area (Å²) in [6.07, 6.45) is 1.53. The van der Waals surface area contributed by atoms with Gasteiger partial charge in [0.15, 0.2) is 0 Å². The summed E-state index contributed by atoms with van der Waals surface area (Å²) in [6.45, 7) is 1.74. The summed E-state index contributed by atoms with van der Waals surface area (Å²) in [5.41, 5.74) is -0.00738. The summed E-state index contributed by atoms with van der Waals surface area (Å²) in [6, 6.07) is 6.49. The fourth-order valence-corrected chi connectivity index (χ4v) is 1.89. The molecule has 0 radical (unpaired) electrons. The van der Waals surface area contributed by atoms with E-state index in [-0.39, 0.29) is 29.0 Å². The van der Waals surface area contributed by atoms with Crippen molar-refractivity contribution >= 4 is 11.4 Å². The Kier molecular flexibility index (Phi) is 3.79. The Morgan fingerprint density at radius 1 is 1.10 bits per heavy atom. The van der Waals surface area contributed by atoms with Crippen molar-refractivity contribution in [2.24, 2.45) is 0 Å². The van der Waals surface area contributed by atoms with Gasteiger partial charge in [-0.15, -0.1) is 0 Å². The average Bonchev–Trinajstić information content (AvgIpc) is 2.41. The molecule has 1 heterocycles. The monoisotopic (exact) mass is 289 g/mol. The Balaban J connectivity index is 2.46. The van der Waals surface area contributed by atoms with Crippen molar-refractivity contribution in [3.63, 3.8) is 0 Å². The SMILES string of the molecule is Cc1ccn(Cc2ccc([N+](=O)[O-])cc2[N+](=O)[O-])c(=O)c1. The highest BCUT2D eigenvalue weighted by Gasteiger charge is 2.19. The number of benzene rings is 1. The second kappa shape index (κ2) is 5.53. The number of aromatic nitrogens is 1. The number of hydrogen-bond acceptors (Lipinski definition) is 5. The second-order valence-corrected chi connectivity index (χ2v) is 4.50. The van der Waals surface area contributed by atoms with Crippen LogP contribution in [-0.2, 0) is 6.54 Å². The molecule has 0 aliphatic heterocycles. The van der Waals surface area contributed by atoms with Crippen molar-refractivity contribution in [2.75, 3.05) is 0 Å². The normalized spacial score (nSPS) is 10.3. The zero-order valence-electron chi connectivity index (χ0n) is 11.1. The van der Waals surface area contributed by atoms with Gasteiger partial charge in [-0.3, -0.25) is 25.0 Å². The van der Waals surface area contributed by atoms with Gasteiger partial charge in [-0.2, -0.15) is 0 Å². The van der Waals surface area contributed by atoms with Crippen molar-refractivity contribution in [3.8, 4) is 0 Å². The number of nitro benzene ring substituents is 2. The topological polar surface area (TPSA) is 108 Å². The van der Waals surface area contributed by atoms with Gasteiger partial charge >= 0.3 is 0 Å². The van der Waals surface area contributed by atoms with Crippen LogP contribution in [0.1, 0.15) is 11.1 Å². The van der Waals surface area contributed by atoms with Gasteiger partial charge in [0.05, 0.1) is 28.0 Å². The molecule has 8 nitrogen and oxygen atoms in total. The Morgan fingerprint density at radius 3 is 2.38 bits per heavy atom. The summed E-state index contributed by atoms with van der Waals surface area (Å²) >= 11 is 0. The highest BCUT2D eigenvalue weighted by Crippen LogP contribution is 2.25. The maximum absolute atomic E-state index is 11.8. The molecule has 21 heavy (non-hydrogen) atoms. The van der Waals surface area contributed by atoms with Crippen LogP contribution < -0.4 is 5.56 Å². The van der Waals surface area contributed by atoms with Crippen molar-refractivity contribution in [2.45, 2.75) is 13.5 Å². The predicted octanol–water partition coefficient (Wildman–Crippen LogP) is 2.02. The Morgan fingerprint density at radius 2 is 1.81 bits per heavy atom. The molecule has 0 saturated carbocycles. The largest absolute Gasteiger partial charge is 0.311 e. The van der Waals surface area contributed by atoms with Crippen molar-refractivity contribution in [3.05, 3.63) is 78.2 Å². The zero-order chi connectivity index (χ0) is 15.6. The smallest absolute Gasteiger partial charge is 0.281 e. The molecule has 0 unspecified atom stereocenters. The van der Waals surface area contributed by atoms with Gasteiger partial charge in [0.1, 0.15) is 0 Å². The van der Waals surface area contributed by atoms with Gasteiger partial charge in [-0.25, -0.2) is 0 Å². The molecule has 0 bridgehead atoms. The Hall–Kier alpha value is -3.03. The van der Waals surface area contributed by atoms with Gasteiger partial charge < -0.3 is 4.57 Å². The number of non-ortho nitro benzene ring substituents is 1. The molecule has 0 spiro atoms. The minimum absolute atomic E-state index is 0.0204. The number of pyridine rings is 1. The van der Waals surface area contributed by atoms with Crippen LogP contribution in [-0.4, -0.2) is 14.4 Å². The van der Waals surface area contributed by atoms with E-state index in [1.807, 2.05) is 0 Å². The van der Waals surface area contributed by atoms with E-state index in [1.165, 1.54) is 29.0 Å². The standard InChI is InChI=1S/C13H11N3O5/c1-9-4-5-14(13(17)6-9)8-10-2-3-11(15(18)19)7-12(10)16(20)21/h2-7H,8H2,1H3. The molecule has 108 valence electrons. The lowest BCUT2D eigenvalue weighted by Crippen LogP contribution is -2.19. The Bertz CT molecular complexity index is 782. The predicted molar refractivity (Wildman–Crippen MR) is 74.3 cm³/mol. The highest BCUT2D eigenvalue weighted by molar-refractivity contribution is 5.49. The fraction of sp³-hybridized carbons (Fsp3) is 0.154. The molecule has 0 saturated heterocycles. The minimum Gasteiger partial charge on any atom is -0.311 e. The maximum Gasteiger partial charge on any atom is 0.281 e. The van der Waals surface area contributed by atoms with E-state index >= 15 is 0 Å². The first kappa shape index (κ1) is 14.4. The summed E-state index contributed by atoms with van der Waals surface area (Å²) in [5, 5.41) is 21.7. The van der Waals surface area contributed by atoms with E-state index in [4.69, 9.17) is 0 Å². The third-order valence-corrected chi connectivity index (χ3v) is 2.97. The van der Waals surface area contributed by atoms with E-state index in [2.05, 4.69) is 0 Å². The molecule has 0 aliphatic rings. The lowest BCUT2D eigenvalue weighted by atomic mass is 10.1. The quantitative estimate of drug-likeness (QED) is 0.632. The van der Waals surface area contributed by atoms with Gasteiger partial charge in [-0.1, -0.05) is 0 Å². The van der Waals surface area contributed by atoms with E-state index in [0.29, 0.717) is 0 Å². The average molecular weight is 289 g/mol. The number of hydrogen-bond donors (Lipinski definition) is 0. The molecule has 1 aromatic heterocycles. The van der Waals surface area contributed by atoms with Crippen LogP contribution in [0.4, 0.5) is 11.4 Å². The molecular formula is C13H11N3O5. The van der Waals surface area contributed by atoms with E-state index in [9.17, 15) is 25.0 Å². The maximum atomic E-state index is 11.8. The van der Waals surface area contributed by atoms with Crippen LogP contribution in [0.2, 0.25) is 0 Å². The first-order chi connectivity index (χ1) is 9.88. The van der Waals surface area contributed by atoms with Crippen LogP contribution in [0, 0.1) is 27.2 Å². The lowest BCUT2D eigenvalue weighted by Gasteiger charge is -2.06. The van der Waals surface area contributed by atoms with Gasteiger partial charge in [-0.05, 0) is 24.6 Å². The molecule has 0 amide bonds. The Labute approximate surface area is 118 Å². The first-order valence-electron chi connectivity index (χ1n) is 5.97. The third-order valence-electron chi connectivity index (χ3n) is 2.97. The molecule has 2 aromatic rings. The van der Waals surface area contributed by atoms with E-state index in [0.717, 1.165) is 11.6 Å².